The van der Waals surface area contributed by atoms with Crippen molar-refractivity contribution in [3.05, 3.63) is 18.4 Å². The van der Waals surface area contributed by atoms with Crippen molar-refractivity contribution in [1.82, 2.24) is 15.1 Å². The largest absolute Gasteiger partial charge is 0.389 e. The van der Waals surface area contributed by atoms with E-state index in [1.165, 1.54) is 17.7 Å². The van der Waals surface area contributed by atoms with E-state index >= 15 is 0 Å². The number of aromatic nitrogens is 3. The lowest BCUT2D eigenvalue weighted by Crippen LogP contribution is -1.81. The SMILES string of the molecule is Nc1cnc(SCc2ncon2)s1. The molecular formula is C6H6N4OS2. The van der Waals surface area contributed by atoms with Crippen LogP contribution in [0.15, 0.2) is 21.5 Å². The van der Waals surface area contributed by atoms with Gasteiger partial charge in [-0.2, -0.15) is 4.98 Å². The molecule has 0 bridgehead atoms. The predicted octanol–water partition coefficient (Wildman–Crippen LogP) is 1.40. The van der Waals surface area contributed by atoms with E-state index in [0.29, 0.717) is 11.6 Å². The van der Waals surface area contributed by atoms with Crippen LogP contribution in [0.4, 0.5) is 5.00 Å². The van der Waals surface area contributed by atoms with E-state index in [1.807, 2.05) is 0 Å². The molecule has 2 aromatic rings. The van der Waals surface area contributed by atoms with Crippen LogP contribution in [-0.4, -0.2) is 15.1 Å². The Balaban J connectivity index is 1.93. The Bertz CT molecular complexity index is 372. The number of nitrogens with two attached hydrogens (primary N) is 1. The molecule has 0 aromatic carbocycles. The second-order valence-electron chi connectivity index (χ2n) is 2.16. The van der Waals surface area contributed by atoms with Crippen LogP contribution >= 0.6 is 23.1 Å². The fourth-order valence-electron chi connectivity index (χ4n) is 0.719. The zero-order valence-corrected chi connectivity index (χ0v) is 8.14. The van der Waals surface area contributed by atoms with Crippen LogP contribution in [0, 0.1) is 0 Å². The third-order valence-corrected chi connectivity index (χ3v) is 3.21. The van der Waals surface area contributed by atoms with Crippen molar-refractivity contribution in [2.24, 2.45) is 0 Å². The van der Waals surface area contributed by atoms with E-state index in [1.54, 1.807) is 18.0 Å². The lowest BCUT2D eigenvalue weighted by Gasteiger charge is -1.89. The summed E-state index contributed by atoms with van der Waals surface area (Å²) in [4.78, 5) is 7.97. The quantitative estimate of drug-likeness (QED) is 0.778. The van der Waals surface area contributed by atoms with Gasteiger partial charge >= 0.3 is 0 Å². The zero-order chi connectivity index (χ0) is 9.10. The summed E-state index contributed by atoms with van der Waals surface area (Å²) < 4.78 is 5.51. The maximum Gasteiger partial charge on any atom is 0.213 e. The summed E-state index contributed by atoms with van der Waals surface area (Å²) in [5.74, 6) is 1.32. The van der Waals surface area contributed by atoms with Crippen molar-refractivity contribution >= 4 is 28.1 Å². The molecule has 0 saturated heterocycles. The van der Waals surface area contributed by atoms with Gasteiger partial charge in [-0.15, -0.1) is 0 Å². The Morgan fingerprint density at radius 2 is 2.46 bits per heavy atom. The van der Waals surface area contributed by atoms with Crippen LogP contribution in [0.25, 0.3) is 0 Å². The maximum atomic E-state index is 5.52. The van der Waals surface area contributed by atoms with Gasteiger partial charge in [0.15, 0.2) is 10.2 Å². The first kappa shape index (κ1) is 8.52. The summed E-state index contributed by atoms with van der Waals surface area (Å²) in [6.07, 6.45) is 2.95. The van der Waals surface area contributed by atoms with Gasteiger partial charge in [0.1, 0.15) is 5.00 Å². The summed E-state index contributed by atoms with van der Waals surface area (Å²) in [5.41, 5.74) is 5.52. The molecule has 0 aliphatic rings. The minimum atomic E-state index is 0.656. The number of anilines is 1. The van der Waals surface area contributed by atoms with Crippen molar-refractivity contribution < 1.29 is 4.52 Å². The Kier molecular flexibility index (Phi) is 2.46. The second kappa shape index (κ2) is 3.75. The summed E-state index contributed by atoms with van der Waals surface area (Å²) in [6.45, 7) is 0. The molecule has 2 aromatic heterocycles. The van der Waals surface area contributed by atoms with Gasteiger partial charge in [-0.1, -0.05) is 28.3 Å². The van der Waals surface area contributed by atoms with E-state index in [-0.39, 0.29) is 0 Å². The number of hydrogen-bond donors (Lipinski definition) is 1. The number of thioether (sulfide) groups is 1. The highest BCUT2D eigenvalue weighted by Crippen LogP contribution is 2.27. The molecule has 2 heterocycles. The third kappa shape index (κ3) is 2.19. The van der Waals surface area contributed by atoms with Gasteiger partial charge in [-0.05, 0) is 0 Å². The Morgan fingerprint density at radius 3 is 3.08 bits per heavy atom. The Morgan fingerprint density at radius 1 is 1.54 bits per heavy atom. The normalized spacial score (nSPS) is 10.5. The topological polar surface area (TPSA) is 77.8 Å². The number of rotatable bonds is 3. The number of thiazole rings is 1. The van der Waals surface area contributed by atoms with Crippen LogP contribution in [0.5, 0.6) is 0 Å². The summed E-state index contributed by atoms with van der Waals surface area (Å²) in [5, 5.41) is 4.39. The van der Waals surface area contributed by atoms with Crippen molar-refractivity contribution in [2.75, 3.05) is 5.73 Å². The van der Waals surface area contributed by atoms with Crippen LogP contribution in [0.3, 0.4) is 0 Å². The first-order chi connectivity index (χ1) is 6.34. The predicted molar refractivity (Wildman–Crippen MR) is 50.4 cm³/mol. The molecule has 68 valence electrons. The van der Waals surface area contributed by atoms with Crippen molar-refractivity contribution in [3.8, 4) is 0 Å². The number of nitrogens with zero attached hydrogens (tertiary/aromatic N) is 3. The van der Waals surface area contributed by atoms with Gasteiger partial charge in [0.2, 0.25) is 6.39 Å². The smallest absolute Gasteiger partial charge is 0.213 e. The van der Waals surface area contributed by atoms with Gasteiger partial charge in [0.25, 0.3) is 0 Å². The van der Waals surface area contributed by atoms with Gasteiger partial charge in [0.05, 0.1) is 11.9 Å². The highest BCUT2D eigenvalue weighted by atomic mass is 32.2. The monoisotopic (exact) mass is 214 g/mol. The average Bonchev–Trinajstić information content (AvgIpc) is 2.71. The molecule has 0 atom stereocenters. The standard InChI is InChI=1S/C6H6N4OS2/c7-4-1-8-6(13-4)12-2-5-9-3-11-10-5/h1,3H,2,7H2. The van der Waals surface area contributed by atoms with E-state index in [9.17, 15) is 0 Å². The molecular weight excluding hydrogens is 208 g/mol. The molecule has 0 unspecified atom stereocenters. The Hall–Kier alpha value is -1.08. The first-order valence-electron chi connectivity index (χ1n) is 3.44. The molecule has 0 radical (unpaired) electrons. The zero-order valence-electron chi connectivity index (χ0n) is 6.51. The molecule has 7 heteroatoms. The van der Waals surface area contributed by atoms with E-state index < -0.39 is 0 Å². The molecule has 0 fully saturated rings. The van der Waals surface area contributed by atoms with Crippen LogP contribution in [-0.2, 0) is 5.75 Å². The maximum absolute atomic E-state index is 5.52. The van der Waals surface area contributed by atoms with E-state index in [2.05, 4.69) is 19.6 Å². The molecule has 5 nitrogen and oxygen atoms in total. The first-order valence-corrected chi connectivity index (χ1v) is 5.24. The van der Waals surface area contributed by atoms with Gasteiger partial charge in [-0.3, -0.25) is 0 Å². The second-order valence-corrected chi connectivity index (χ2v) is 4.45. The molecule has 0 saturated carbocycles. The molecule has 2 N–H and O–H groups in total. The van der Waals surface area contributed by atoms with Crippen LogP contribution in [0.1, 0.15) is 5.82 Å². The molecule has 0 amide bonds. The molecule has 0 aliphatic heterocycles. The molecule has 13 heavy (non-hydrogen) atoms. The van der Waals surface area contributed by atoms with Crippen molar-refractivity contribution in [2.45, 2.75) is 10.1 Å². The average molecular weight is 214 g/mol. The summed E-state index contributed by atoms with van der Waals surface area (Å²) in [7, 11) is 0. The minimum Gasteiger partial charge on any atom is -0.389 e. The molecule has 0 spiro atoms. The van der Waals surface area contributed by atoms with Gasteiger partial charge in [0, 0.05) is 0 Å². The molecule has 0 aliphatic carbocycles. The molecule has 2 rings (SSSR count). The van der Waals surface area contributed by atoms with Crippen LogP contribution < -0.4 is 5.73 Å². The van der Waals surface area contributed by atoms with Crippen LogP contribution in [0.2, 0.25) is 0 Å². The summed E-state index contributed by atoms with van der Waals surface area (Å²) in [6, 6.07) is 0. The highest BCUT2D eigenvalue weighted by molar-refractivity contribution is 8.00. The van der Waals surface area contributed by atoms with Gasteiger partial charge < -0.3 is 10.3 Å². The highest BCUT2D eigenvalue weighted by Gasteiger charge is 2.03. The minimum absolute atomic E-state index is 0.656. The van der Waals surface area contributed by atoms with Crippen molar-refractivity contribution in [1.29, 1.82) is 0 Å². The lowest BCUT2D eigenvalue weighted by molar-refractivity contribution is 0.412. The Labute approximate surface area is 82.4 Å². The van der Waals surface area contributed by atoms with E-state index in [4.69, 9.17) is 5.73 Å². The van der Waals surface area contributed by atoms with Crippen molar-refractivity contribution in [3.63, 3.8) is 0 Å². The fourth-order valence-corrected chi connectivity index (χ4v) is 2.34. The summed E-state index contributed by atoms with van der Waals surface area (Å²) >= 11 is 2.99. The fraction of sp³-hybridized carbons (Fsp3) is 0.167. The lowest BCUT2D eigenvalue weighted by atomic mass is 10.7. The van der Waals surface area contributed by atoms with Gasteiger partial charge in [-0.25, -0.2) is 4.98 Å². The number of nitrogen functional groups attached to an aromatic ring is 1. The number of hydrogen-bond acceptors (Lipinski definition) is 7. The van der Waals surface area contributed by atoms with E-state index in [0.717, 1.165) is 9.34 Å². The third-order valence-electron chi connectivity index (χ3n) is 1.23.